The van der Waals surface area contributed by atoms with Crippen LogP contribution in [0.3, 0.4) is 0 Å². The summed E-state index contributed by atoms with van der Waals surface area (Å²) in [7, 11) is 0. The van der Waals surface area contributed by atoms with E-state index in [1.54, 1.807) is 0 Å². The largest absolute Gasteiger partial charge is 0.398 e. The summed E-state index contributed by atoms with van der Waals surface area (Å²) in [5.74, 6) is 0. The molecule has 1 nitrogen and oxygen atoms in total. The van der Waals surface area contributed by atoms with Crippen molar-refractivity contribution in [3.8, 4) is 22.3 Å². The second-order valence-corrected chi connectivity index (χ2v) is 6.07. The van der Waals surface area contributed by atoms with E-state index in [9.17, 15) is 0 Å². The van der Waals surface area contributed by atoms with E-state index in [-0.39, 0.29) is 0 Å². The van der Waals surface area contributed by atoms with E-state index in [2.05, 4.69) is 61.2 Å². The van der Waals surface area contributed by atoms with Crippen molar-refractivity contribution in [1.29, 1.82) is 0 Å². The van der Waals surface area contributed by atoms with E-state index < -0.39 is 0 Å². The number of benzene rings is 3. The quantitative estimate of drug-likeness (QED) is 0.406. The third-order valence-corrected chi connectivity index (χ3v) is 4.67. The van der Waals surface area contributed by atoms with Crippen LogP contribution in [0.15, 0.2) is 73.3 Å². The van der Waals surface area contributed by atoms with E-state index >= 15 is 0 Å². The van der Waals surface area contributed by atoms with Gasteiger partial charge in [-0.1, -0.05) is 54.6 Å². The summed E-state index contributed by atoms with van der Waals surface area (Å²) >= 11 is 0. The number of hydrogen-bond donors (Lipinski definition) is 1. The molecule has 0 unspecified atom stereocenters. The molecule has 0 aromatic heterocycles. The minimum absolute atomic E-state index is 0.801. The third-order valence-electron chi connectivity index (χ3n) is 4.67. The van der Waals surface area contributed by atoms with Crippen LogP contribution < -0.4 is 5.73 Å². The number of nitrogen functional groups attached to an aromatic ring is 1. The fraction of sp³-hybridized carbons (Fsp3) is 0.0909. The normalized spacial score (nSPS) is 11.8. The van der Waals surface area contributed by atoms with Gasteiger partial charge >= 0.3 is 0 Å². The van der Waals surface area contributed by atoms with Crippen molar-refractivity contribution in [3.05, 3.63) is 90.0 Å². The molecule has 0 heterocycles. The molecule has 0 spiro atoms. The maximum atomic E-state index is 6.09. The molecule has 3 aromatic carbocycles. The Labute approximate surface area is 137 Å². The van der Waals surface area contributed by atoms with Gasteiger partial charge < -0.3 is 5.73 Å². The maximum Gasteiger partial charge on any atom is 0.0350 e. The second kappa shape index (κ2) is 5.44. The summed E-state index contributed by atoms with van der Waals surface area (Å²) in [4.78, 5) is 0. The Bertz CT molecular complexity index is 906. The Morgan fingerprint density at radius 3 is 2.57 bits per heavy atom. The number of anilines is 1. The predicted molar refractivity (Wildman–Crippen MR) is 98.4 cm³/mol. The van der Waals surface area contributed by atoms with Gasteiger partial charge in [-0.15, -0.1) is 6.58 Å². The highest BCUT2D eigenvalue weighted by molar-refractivity contribution is 5.85. The first-order valence-corrected chi connectivity index (χ1v) is 7.98. The molecule has 0 aliphatic heterocycles. The lowest BCUT2D eigenvalue weighted by Gasteiger charge is -2.11. The van der Waals surface area contributed by atoms with Crippen LogP contribution in [0.5, 0.6) is 0 Å². The molecule has 112 valence electrons. The number of allylic oxidation sites excluding steroid dienone is 1. The van der Waals surface area contributed by atoms with Crippen LogP contribution in [0, 0.1) is 0 Å². The van der Waals surface area contributed by atoms with Crippen molar-refractivity contribution in [2.24, 2.45) is 0 Å². The summed E-state index contributed by atoms with van der Waals surface area (Å²) in [5.41, 5.74) is 16.2. The van der Waals surface area contributed by atoms with Crippen LogP contribution in [0.2, 0.25) is 0 Å². The molecule has 0 saturated carbocycles. The van der Waals surface area contributed by atoms with Crippen LogP contribution in [0.1, 0.15) is 16.7 Å². The van der Waals surface area contributed by atoms with Crippen molar-refractivity contribution < 1.29 is 0 Å². The molecule has 1 aliphatic rings. The lowest BCUT2D eigenvalue weighted by atomic mass is 9.94. The number of fused-ring (bicyclic) bond motifs is 3. The molecule has 1 heteroatoms. The smallest absolute Gasteiger partial charge is 0.0350 e. The van der Waals surface area contributed by atoms with E-state index in [1.165, 1.54) is 33.4 Å². The molecule has 1 aliphatic carbocycles. The molecule has 0 atom stereocenters. The first-order valence-electron chi connectivity index (χ1n) is 7.98. The van der Waals surface area contributed by atoms with Crippen LogP contribution in [0.25, 0.3) is 22.3 Å². The molecule has 4 rings (SSSR count). The van der Waals surface area contributed by atoms with Crippen LogP contribution in [-0.4, -0.2) is 0 Å². The lowest BCUT2D eigenvalue weighted by Crippen LogP contribution is -1.95. The predicted octanol–water partition coefficient (Wildman–Crippen LogP) is 5.24. The van der Waals surface area contributed by atoms with Gasteiger partial charge in [0, 0.05) is 5.69 Å². The molecule has 0 saturated heterocycles. The number of hydrogen-bond acceptors (Lipinski definition) is 1. The van der Waals surface area contributed by atoms with Crippen molar-refractivity contribution in [1.82, 2.24) is 0 Å². The van der Waals surface area contributed by atoms with E-state index in [0.29, 0.717) is 0 Å². The van der Waals surface area contributed by atoms with Gasteiger partial charge in [0.05, 0.1) is 0 Å². The average Bonchev–Trinajstić information content (AvgIpc) is 2.96. The van der Waals surface area contributed by atoms with Gasteiger partial charge in [-0.2, -0.15) is 0 Å². The average molecular weight is 297 g/mol. The summed E-state index contributed by atoms with van der Waals surface area (Å²) in [6.45, 7) is 3.83. The molecular formula is C22H19N. The van der Waals surface area contributed by atoms with Crippen LogP contribution in [-0.2, 0) is 12.8 Å². The van der Waals surface area contributed by atoms with Gasteiger partial charge in [0.2, 0.25) is 0 Å². The Morgan fingerprint density at radius 1 is 0.913 bits per heavy atom. The Hall–Kier alpha value is -2.80. The zero-order chi connectivity index (χ0) is 15.8. The van der Waals surface area contributed by atoms with E-state index in [0.717, 1.165) is 24.1 Å². The van der Waals surface area contributed by atoms with Crippen molar-refractivity contribution in [2.75, 3.05) is 5.73 Å². The molecule has 0 fully saturated rings. The third kappa shape index (κ3) is 2.25. The minimum Gasteiger partial charge on any atom is -0.398 e. The van der Waals surface area contributed by atoms with Gasteiger partial charge in [0.1, 0.15) is 0 Å². The second-order valence-electron chi connectivity index (χ2n) is 6.07. The fourth-order valence-electron chi connectivity index (χ4n) is 3.53. The fourth-order valence-corrected chi connectivity index (χ4v) is 3.53. The molecule has 0 radical (unpaired) electrons. The highest BCUT2D eigenvalue weighted by Crippen LogP contribution is 2.41. The maximum absolute atomic E-state index is 6.09. The van der Waals surface area contributed by atoms with Crippen molar-refractivity contribution in [2.45, 2.75) is 12.8 Å². The highest BCUT2D eigenvalue weighted by Gasteiger charge is 2.21. The molecule has 23 heavy (non-hydrogen) atoms. The van der Waals surface area contributed by atoms with Gasteiger partial charge in [0.25, 0.3) is 0 Å². The molecule has 0 bridgehead atoms. The molecule has 3 aromatic rings. The lowest BCUT2D eigenvalue weighted by molar-refractivity contribution is 1.25. The SMILES string of the molecule is C=CCc1cc(-c2cccc3c2Cc2ccccc2-3)ccc1N. The molecule has 2 N–H and O–H groups in total. The van der Waals surface area contributed by atoms with Crippen LogP contribution in [0.4, 0.5) is 5.69 Å². The van der Waals surface area contributed by atoms with Crippen molar-refractivity contribution in [3.63, 3.8) is 0 Å². The van der Waals surface area contributed by atoms with Gasteiger partial charge in [-0.3, -0.25) is 0 Å². The Morgan fingerprint density at radius 2 is 1.70 bits per heavy atom. The number of nitrogens with two attached hydrogens (primary N) is 1. The minimum atomic E-state index is 0.801. The van der Waals surface area contributed by atoms with Crippen molar-refractivity contribution >= 4 is 5.69 Å². The summed E-state index contributed by atoms with van der Waals surface area (Å²) in [6, 6.07) is 21.6. The summed E-state index contributed by atoms with van der Waals surface area (Å²) < 4.78 is 0. The van der Waals surface area contributed by atoms with Gasteiger partial charge in [-0.05, 0) is 63.9 Å². The first kappa shape index (κ1) is 13.8. The standard InChI is InChI=1S/C22H19N/c1-2-6-17-13-16(11-12-22(17)23)19-9-5-10-20-18-8-4-3-7-15(18)14-21(19)20/h2-5,7-13H,1,6,14,23H2. The summed E-state index contributed by atoms with van der Waals surface area (Å²) in [5, 5.41) is 0. The van der Waals surface area contributed by atoms with E-state index in [1.807, 2.05) is 12.1 Å². The van der Waals surface area contributed by atoms with Crippen LogP contribution >= 0.6 is 0 Å². The topological polar surface area (TPSA) is 26.0 Å². The molecule has 0 amide bonds. The van der Waals surface area contributed by atoms with Gasteiger partial charge in [-0.25, -0.2) is 0 Å². The Balaban J connectivity index is 1.86. The Kier molecular flexibility index (Phi) is 3.27. The zero-order valence-electron chi connectivity index (χ0n) is 13.0. The highest BCUT2D eigenvalue weighted by atomic mass is 14.6. The monoisotopic (exact) mass is 297 g/mol. The molecular weight excluding hydrogens is 278 g/mol. The number of rotatable bonds is 3. The van der Waals surface area contributed by atoms with E-state index in [4.69, 9.17) is 5.73 Å². The summed E-state index contributed by atoms with van der Waals surface area (Å²) in [6.07, 6.45) is 3.71. The van der Waals surface area contributed by atoms with Gasteiger partial charge in [0.15, 0.2) is 0 Å². The first-order chi connectivity index (χ1) is 11.3. The zero-order valence-corrected chi connectivity index (χ0v) is 13.0.